The molecule has 126 valence electrons. The lowest BCUT2D eigenvalue weighted by Crippen LogP contribution is -2.22. The van der Waals surface area contributed by atoms with E-state index in [-0.39, 0.29) is 11.0 Å². The van der Waals surface area contributed by atoms with Crippen molar-refractivity contribution < 1.29 is 19.4 Å². The average Bonchev–Trinajstić information content (AvgIpc) is 2.59. The second-order valence-electron chi connectivity index (χ2n) is 6.70. The van der Waals surface area contributed by atoms with E-state index in [0.717, 1.165) is 5.56 Å². The number of aliphatic hydroxyl groups is 1. The van der Waals surface area contributed by atoms with Gasteiger partial charge in [0.25, 0.3) is 0 Å². The third-order valence-electron chi connectivity index (χ3n) is 3.92. The monoisotopic (exact) mass is 326 g/mol. The van der Waals surface area contributed by atoms with Crippen molar-refractivity contribution in [2.24, 2.45) is 0 Å². The van der Waals surface area contributed by atoms with E-state index in [0.29, 0.717) is 11.3 Å². The lowest BCUT2D eigenvalue weighted by molar-refractivity contribution is -0.122. The van der Waals surface area contributed by atoms with Gasteiger partial charge in [0.1, 0.15) is 11.9 Å². The van der Waals surface area contributed by atoms with Crippen molar-refractivity contribution in [3.63, 3.8) is 0 Å². The van der Waals surface area contributed by atoms with Crippen molar-refractivity contribution >= 4 is 11.6 Å². The van der Waals surface area contributed by atoms with E-state index < -0.39 is 17.7 Å². The standard InChI is InChI=1S/C20H22O4/c1-20(2,3)15-9-5-13(6-10-15)17(21)19(23)18(22)14-7-11-16(24-4)12-8-14/h5-12,17,21H,1-4H3. The fourth-order valence-electron chi connectivity index (χ4n) is 2.33. The molecule has 1 N–H and O–H groups in total. The van der Waals surface area contributed by atoms with Crippen LogP contribution < -0.4 is 4.74 Å². The molecule has 2 aromatic rings. The highest BCUT2D eigenvalue weighted by molar-refractivity contribution is 6.45. The van der Waals surface area contributed by atoms with Crippen LogP contribution in [0.1, 0.15) is 48.4 Å². The molecule has 0 spiro atoms. The molecule has 0 saturated heterocycles. The Balaban J connectivity index is 2.17. The third kappa shape index (κ3) is 3.89. The van der Waals surface area contributed by atoms with Gasteiger partial charge < -0.3 is 9.84 Å². The van der Waals surface area contributed by atoms with Crippen molar-refractivity contribution in [1.82, 2.24) is 0 Å². The van der Waals surface area contributed by atoms with Gasteiger partial charge in [-0.15, -0.1) is 0 Å². The molecular weight excluding hydrogens is 304 g/mol. The Morgan fingerprint density at radius 1 is 0.958 bits per heavy atom. The number of Topliss-reactive ketones (excluding diaryl/α,β-unsaturated/α-hetero) is 2. The molecule has 4 heteroatoms. The number of aliphatic hydroxyl groups excluding tert-OH is 1. The number of ether oxygens (including phenoxy) is 1. The van der Waals surface area contributed by atoms with E-state index in [1.165, 1.54) is 19.2 Å². The summed E-state index contributed by atoms with van der Waals surface area (Å²) in [6.45, 7) is 6.24. The average molecular weight is 326 g/mol. The smallest absolute Gasteiger partial charge is 0.236 e. The van der Waals surface area contributed by atoms with Gasteiger partial charge in [-0.25, -0.2) is 0 Å². The molecule has 24 heavy (non-hydrogen) atoms. The predicted molar refractivity (Wildman–Crippen MR) is 92.4 cm³/mol. The first-order chi connectivity index (χ1) is 11.2. The first kappa shape index (κ1) is 17.9. The summed E-state index contributed by atoms with van der Waals surface area (Å²) in [5.41, 5.74) is 1.71. The fraction of sp³-hybridized carbons (Fsp3) is 0.300. The SMILES string of the molecule is COc1ccc(C(=O)C(=O)C(O)c2ccc(C(C)(C)C)cc2)cc1. The molecule has 0 radical (unpaired) electrons. The molecule has 0 fully saturated rings. The van der Waals surface area contributed by atoms with Crippen LogP contribution in [0.15, 0.2) is 48.5 Å². The highest BCUT2D eigenvalue weighted by atomic mass is 16.5. The van der Waals surface area contributed by atoms with Gasteiger partial charge in [0.2, 0.25) is 11.6 Å². The summed E-state index contributed by atoms with van der Waals surface area (Å²) >= 11 is 0. The fourth-order valence-corrected chi connectivity index (χ4v) is 2.33. The zero-order valence-electron chi connectivity index (χ0n) is 14.4. The molecule has 0 heterocycles. The molecule has 1 atom stereocenters. The molecule has 0 aliphatic rings. The van der Waals surface area contributed by atoms with E-state index in [1.807, 2.05) is 12.1 Å². The van der Waals surface area contributed by atoms with Gasteiger partial charge in [0, 0.05) is 5.56 Å². The topological polar surface area (TPSA) is 63.6 Å². The van der Waals surface area contributed by atoms with Gasteiger partial charge in [0.05, 0.1) is 7.11 Å². The summed E-state index contributed by atoms with van der Waals surface area (Å²) in [5.74, 6) is -0.967. The lowest BCUT2D eigenvalue weighted by atomic mass is 9.86. The number of carbonyl (C=O) groups is 2. The minimum absolute atomic E-state index is 0.0214. The quantitative estimate of drug-likeness (QED) is 0.675. The van der Waals surface area contributed by atoms with Crippen LogP contribution in [0.5, 0.6) is 5.75 Å². The Morgan fingerprint density at radius 2 is 1.50 bits per heavy atom. The van der Waals surface area contributed by atoms with Crippen molar-refractivity contribution in [3.05, 3.63) is 65.2 Å². The second-order valence-corrected chi connectivity index (χ2v) is 6.70. The number of ketones is 2. The van der Waals surface area contributed by atoms with Crippen molar-refractivity contribution in [2.45, 2.75) is 32.3 Å². The Labute approximate surface area is 142 Å². The Hall–Kier alpha value is -2.46. The summed E-state index contributed by atoms with van der Waals surface area (Å²) in [6.07, 6.45) is -1.46. The van der Waals surface area contributed by atoms with Crippen LogP contribution >= 0.6 is 0 Å². The Morgan fingerprint density at radius 3 is 1.96 bits per heavy atom. The van der Waals surface area contributed by atoms with Crippen LogP contribution in [-0.4, -0.2) is 23.8 Å². The number of rotatable bonds is 5. The largest absolute Gasteiger partial charge is 0.497 e. The van der Waals surface area contributed by atoms with Crippen LogP contribution in [-0.2, 0) is 10.2 Å². The summed E-state index contributed by atoms with van der Waals surface area (Å²) < 4.78 is 5.02. The molecule has 0 aliphatic carbocycles. The molecule has 0 amide bonds. The highest BCUT2D eigenvalue weighted by Crippen LogP contribution is 2.25. The van der Waals surface area contributed by atoms with E-state index in [2.05, 4.69) is 20.8 Å². The first-order valence-electron chi connectivity index (χ1n) is 7.75. The normalized spacial score (nSPS) is 12.5. The maximum absolute atomic E-state index is 12.2. The second kappa shape index (κ2) is 6.97. The molecule has 0 aromatic heterocycles. The number of benzene rings is 2. The van der Waals surface area contributed by atoms with Crippen LogP contribution in [0.3, 0.4) is 0 Å². The molecular formula is C20H22O4. The molecule has 1 unspecified atom stereocenters. The van der Waals surface area contributed by atoms with Crippen LogP contribution in [0.4, 0.5) is 0 Å². The highest BCUT2D eigenvalue weighted by Gasteiger charge is 2.26. The summed E-state index contributed by atoms with van der Waals surface area (Å²) in [5, 5.41) is 10.2. The summed E-state index contributed by atoms with van der Waals surface area (Å²) in [7, 11) is 1.52. The van der Waals surface area contributed by atoms with Crippen LogP contribution in [0, 0.1) is 0 Å². The Bertz CT molecular complexity index is 722. The maximum Gasteiger partial charge on any atom is 0.236 e. The van der Waals surface area contributed by atoms with Gasteiger partial charge in [-0.1, -0.05) is 45.0 Å². The van der Waals surface area contributed by atoms with Gasteiger partial charge in [-0.05, 0) is 40.8 Å². The van der Waals surface area contributed by atoms with Crippen molar-refractivity contribution in [2.75, 3.05) is 7.11 Å². The predicted octanol–water partition coefficient (Wildman–Crippen LogP) is 3.48. The van der Waals surface area contributed by atoms with Gasteiger partial charge >= 0.3 is 0 Å². The minimum atomic E-state index is -1.46. The maximum atomic E-state index is 12.2. The van der Waals surface area contributed by atoms with E-state index in [9.17, 15) is 14.7 Å². The zero-order chi connectivity index (χ0) is 17.9. The third-order valence-corrected chi connectivity index (χ3v) is 3.92. The minimum Gasteiger partial charge on any atom is -0.497 e. The zero-order valence-corrected chi connectivity index (χ0v) is 14.4. The Kier molecular flexibility index (Phi) is 5.20. The molecule has 0 saturated carbocycles. The summed E-state index contributed by atoms with van der Waals surface area (Å²) in [6, 6.07) is 13.3. The number of methoxy groups -OCH3 is 1. The first-order valence-corrected chi connectivity index (χ1v) is 7.75. The molecule has 0 aliphatic heterocycles. The van der Waals surface area contributed by atoms with E-state index in [4.69, 9.17) is 4.74 Å². The number of carbonyl (C=O) groups excluding carboxylic acids is 2. The number of hydrogen-bond donors (Lipinski definition) is 1. The van der Waals surface area contributed by atoms with Crippen LogP contribution in [0.25, 0.3) is 0 Å². The van der Waals surface area contributed by atoms with E-state index >= 15 is 0 Å². The molecule has 0 bridgehead atoms. The molecule has 4 nitrogen and oxygen atoms in total. The number of hydrogen-bond acceptors (Lipinski definition) is 4. The molecule has 2 aromatic carbocycles. The van der Waals surface area contributed by atoms with Crippen molar-refractivity contribution in [3.8, 4) is 5.75 Å². The van der Waals surface area contributed by atoms with Gasteiger partial charge in [-0.3, -0.25) is 9.59 Å². The van der Waals surface area contributed by atoms with Crippen molar-refractivity contribution in [1.29, 1.82) is 0 Å². The summed E-state index contributed by atoms with van der Waals surface area (Å²) in [4.78, 5) is 24.5. The van der Waals surface area contributed by atoms with E-state index in [1.54, 1.807) is 24.3 Å². The van der Waals surface area contributed by atoms with Gasteiger partial charge in [0.15, 0.2) is 0 Å². The van der Waals surface area contributed by atoms with Crippen LogP contribution in [0.2, 0.25) is 0 Å². The lowest BCUT2D eigenvalue weighted by Gasteiger charge is -2.19. The van der Waals surface area contributed by atoms with Gasteiger partial charge in [-0.2, -0.15) is 0 Å². The molecule has 2 rings (SSSR count).